The van der Waals surface area contributed by atoms with Gasteiger partial charge in [-0.25, -0.2) is 0 Å². The fourth-order valence-electron chi connectivity index (χ4n) is 1.92. The largest absolute Gasteiger partial charge is 0.490 e. The first kappa shape index (κ1) is 17.8. The van der Waals surface area contributed by atoms with Crippen molar-refractivity contribution in [2.45, 2.75) is 33.2 Å². The van der Waals surface area contributed by atoms with Crippen LogP contribution >= 0.6 is 0 Å². The monoisotopic (exact) mass is 309 g/mol. The van der Waals surface area contributed by atoms with Crippen LogP contribution in [0, 0.1) is 0 Å². The van der Waals surface area contributed by atoms with Gasteiger partial charge in [-0.15, -0.1) is 0 Å². The van der Waals surface area contributed by atoms with Crippen LogP contribution in [0.15, 0.2) is 24.3 Å². The van der Waals surface area contributed by atoms with Crippen LogP contribution in [0.5, 0.6) is 11.5 Å². The molecule has 0 heterocycles. The van der Waals surface area contributed by atoms with Crippen molar-refractivity contribution in [3.63, 3.8) is 0 Å². The van der Waals surface area contributed by atoms with Crippen LogP contribution in [0.2, 0.25) is 0 Å². The fourth-order valence-corrected chi connectivity index (χ4v) is 1.92. The lowest BCUT2D eigenvalue weighted by molar-refractivity contribution is -0.147. The van der Waals surface area contributed by atoms with Gasteiger partial charge in [0.15, 0.2) is 18.1 Å². The van der Waals surface area contributed by atoms with Gasteiger partial charge in [0.2, 0.25) is 0 Å². The number of para-hydroxylation sites is 2. The fraction of sp³-hybridized carbons (Fsp3) is 0.500. The zero-order valence-electron chi connectivity index (χ0n) is 13.2. The first-order valence-corrected chi connectivity index (χ1v) is 7.35. The first-order valence-electron chi connectivity index (χ1n) is 7.35. The van der Waals surface area contributed by atoms with Gasteiger partial charge in [-0.05, 0) is 32.4 Å². The second-order valence-corrected chi connectivity index (χ2v) is 4.84. The van der Waals surface area contributed by atoms with Crippen molar-refractivity contribution in [2.24, 2.45) is 0 Å². The summed E-state index contributed by atoms with van der Waals surface area (Å²) in [6, 6.07) is 6.91. The molecule has 6 nitrogen and oxygen atoms in total. The van der Waals surface area contributed by atoms with E-state index in [-0.39, 0.29) is 25.1 Å². The Balaban J connectivity index is 2.72. The quantitative estimate of drug-likeness (QED) is 0.756. The first-order chi connectivity index (χ1) is 10.5. The van der Waals surface area contributed by atoms with Crippen LogP contribution in [0.25, 0.3) is 0 Å². The molecule has 0 saturated heterocycles. The van der Waals surface area contributed by atoms with Gasteiger partial charge < -0.3 is 19.5 Å². The molecule has 1 aromatic rings. The third-order valence-corrected chi connectivity index (χ3v) is 3.25. The Hall–Kier alpha value is -2.24. The summed E-state index contributed by atoms with van der Waals surface area (Å²) in [5, 5.41) is 8.92. The maximum atomic E-state index is 12.2. The highest BCUT2D eigenvalue weighted by atomic mass is 16.5. The van der Waals surface area contributed by atoms with Crippen molar-refractivity contribution in [3.8, 4) is 11.5 Å². The standard InChI is InChI=1S/C16H23NO5/c1-4-12(3)17(10-16(19)20)15(18)11-22-14-9-7-6-8-13(14)21-5-2/h6-9,12H,4-5,10-11H2,1-3H3,(H,19,20). The Morgan fingerprint density at radius 3 is 2.27 bits per heavy atom. The molecule has 0 aromatic heterocycles. The van der Waals surface area contributed by atoms with Crippen LogP contribution in [0.3, 0.4) is 0 Å². The van der Waals surface area contributed by atoms with Crippen LogP contribution in [-0.2, 0) is 9.59 Å². The van der Waals surface area contributed by atoms with Crippen LogP contribution in [0.1, 0.15) is 27.2 Å². The van der Waals surface area contributed by atoms with Crippen molar-refractivity contribution in [1.82, 2.24) is 4.90 Å². The molecular weight excluding hydrogens is 286 g/mol. The highest BCUT2D eigenvalue weighted by Crippen LogP contribution is 2.26. The average molecular weight is 309 g/mol. The van der Waals surface area contributed by atoms with Crippen LogP contribution in [-0.4, -0.2) is 47.7 Å². The van der Waals surface area contributed by atoms with E-state index in [2.05, 4.69) is 0 Å². The molecule has 22 heavy (non-hydrogen) atoms. The second-order valence-electron chi connectivity index (χ2n) is 4.84. The second kappa shape index (κ2) is 8.92. The molecule has 6 heteroatoms. The van der Waals surface area contributed by atoms with Gasteiger partial charge in [0, 0.05) is 6.04 Å². The lowest BCUT2D eigenvalue weighted by Crippen LogP contribution is -2.44. The Kier molecular flexibility index (Phi) is 7.22. The molecule has 1 rings (SSSR count). The van der Waals surface area contributed by atoms with Crippen LogP contribution in [0.4, 0.5) is 0 Å². The van der Waals surface area contributed by atoms with Gasteiger partial charge in [0.1, 0.15) is 6.54 Å². The molecule has 0 aliphatic heterocycles. The van der Waals surface area contributed by atoms with E-state index in [4.69, 9.17) is 14.6 Å². The predicted octanol–water partition coefficient (Wildman–Crippen LogP) is 2.18. The molecule has 122 valence electrons. The van der Waals surface area contributed by atoms with Crippen molar-refractivity contribution < 1.29 is 24.2 Å². The molecule has 1 aromatic carbocycles. The van der Waals surface area contributed by atoms with E-state index in [0.717, 1.165) is 0 Å². The maximum absolute atomic E-state index is 12.2. The molecular formula is C16H23NO5. The number of hydrogen-bond donors (Lipinski definition) is 1. The zero-order valence-corrected chi connectivity index (χ0v) is 13.2. The van der Waals surface area contributed by atoms with Gasteiger partial charge in [0.05, 0.1) is 6.61 Å². The molecule has 0 saturated carbocycles. The van der Waals surface area contributed by atoms with E-state index in [9.17, 15) is 9.59 Å². The number of carbonyl (C=O) groups excluding carboxylic acids is 1. The van der Waals surface area contributed by atoms with Crippen molar-refractivity contribution in [1.29, 1.82) is 0 Å². The molecule has 1 unspecified atom stereocenters. The predicted molar refractivity (Wildman–Crippen MR) is 82.2 cm³/mol. The van der Waals surface area contributed by atoms with Gasteiger partial charge in [-0.2, -0.15) is 0 Å². The minimum absolute atomic E-state index is 0.158. The lowest BCUT2D eigenvalue weighted by Gasteiger charge is -2.27. The summed E-state index contributed by atoms with van der Waals surface area (Å²) in [6.07, 6.45) is 0.675. The minimum atomic E-state index is -1.04. The number of ether oxygens (including phenoxy) is 2. The summed E-state index contributed by atoms with van der Waals surface area (Å²) < 4.78 is 10.9. The molecule has 0 aliphatic rings. The van der Waals surface area contributed by atoms with Crippen molar-refractivity contribution in [2.75, 3.05) is 19.8 Å². The number of amides is 1. The molecule has 0 aliphatic carbocycles. The minimum Gasteiger partial charge on any atom is -0.490 e. The number of rotatable bonds is 9. The Bertz CT molecular complexity index is 503. The molecule has 1 atom stereocenters. The number of hydrogen-bond acceptors (Lipinski definition) is 4. The summed E-state index contributed by atoms with van der Waals surface area (Å²) in [4.78, 5) is 24.4. The van der Waals surface area contributed by atoms with Crippen molar-refractivity contribution >= 4 is 11.9 Å². The molecule has 0 spiro atoms. The Labute approximate surface area is 130 Å². The highest BCUT2D eigenvalue weighted by Gasteiger charge is 2.22. The SMILES string of the molecule is CCOc1ccccc1OCC(=O)N(CC(=O)O)C(C)CC. The number of nitrogens with zero attached hydrogens (tertiary/aromatic N) is 1. The van der Waals surface area contributed by atoms with E-state index < -0.39 is 5.97 Å². The molecule has 1 N–H and O–H groups in total. The normalized spacial score (nSPS) is 11.6. The van der Waals surface area contributed by atoms with Gasteiger partial charge >= 0.3 is 5.97 Å². The van der Waals surface area contributed by atoms with E-state index in [1.54, 1.807) is 18.2 Å². The van der Waals surface area contributed by atoms with E-state index in [1.165, 1.54) is 4.90 Å². The third kappa shape index (κ3) is 5.27. The zero-order chi connectivity index (χ0) is 16.5. The number of benzene rings is 1. The third-order valence-electron chi connectivity index (χ3n) is 3.25. The molecule has 0 fully saturated rings. The van der Waals surface area contributed by atoms with Gasteiger partial charge in [0.25, 0.3) is 5.91 Å². The highest BCUT2D eigenvalue weighted by molar-refractivity contribution is 5.82. The number of aliphatic carboxylic acids is 1. The molecule has 0 bridgehead atoms. The Morgan fingerprint density at radius 2 is 1.77 bits per heavy atom. The van der Waals surface area contributed by atoms with Crippen LogP contribution < -0.4 is 9.47 Å². The topological polar surface area (TPSA) is 76.1 Å². The van der Waals surface area contributed by atoms with Crippen molar-refractivity contribution in [3.05, 3.63) is 24.3 Å². The number of carbonyl (C=O) groups is 2. The summed E-state index contributed by atoms with van der Waals surface area (Å²) in [6.45, 7) is 5.52. The van der Waals surface area contributed by atoms with Gasteiger partial charge in [-0.3, -0.25) is 9.59 Å². The summed E-state index contributed by atoms with van der Waals surface area (Å²) in [7, 11) is 0. The molecule has 0 radical (unpaired) electrons. The van der Waals surface area contributed by atoms with E-state index in [0.29, 0.717) is 24.5 Å². The molecule has 1 amide bonds. The Morgan fingerprint density at radius 1 is 1.18 bits per heavy atom. The summed E-state index contributed by atoms with van der Waals surface area (Å²) in [5.74, 6) is -0.366. The summed E-state index contributed by atoms with van der Waals surface area (Å²) in [5.41, 5.74) is 0. The van der Waals surface area contributed by atoms with Gasteiger partial charge in [-0.1, -0.05) is 19.1 Å². The summed E-state index contributed by atoms with van der Waals surface area (Å²) >= 11 is 0. The number of carboxylic acids is 1. The lowest BCUT2D eigenvalue weighted by atomic mass is 10.2. The van der Waals surface area contributed by atoms with E-state index >= 15 is 0 Å². The average Bonchev–Trinajstić information content (AvgIpc) is 2.50. The maximum Gasteiger partial charge on any atom is 0.323 e. The number of carboxylic acid groups (broad SMARTS) is 1. The van der Waals surface area contributed by atoms with E-state index in [1.807, 2.05) is 26.8 Å². The smallest absolute Gasteiger partial charge is 0.323 e.